The Morgan fingerprint density at radius 2 is 1.79 bits per heavy atom. The van der Waals surface area contributed by atoms with E-state index in [0.29, 0.717) is 47.0 Å². The smallest absolute Gasteiger partial charge is 0.256 e. The number of amides is 1. The largest absolute Gasteiger partial charge is 0.486 e. The lowest BCUT2D eigenvalue weighted by molar-refractivity contribution is 0.102. The fourth-order valence-electron chi connectivity index (χ4n) is 3.75. The van der Waals surface area contributed by atoms with E-state index in [1.165, 1.54) is 12.3 Å². The van der Waals surface area contributed by atoms with Crippen molar-refractivity contribution in [2.24, 2.45) is 0 Å². The zero-order valence-corrected chi connectivity index (χ0v) is 18.2. The summed E-state index contributed by atoms with van der Waals surface area (Å²) in [5.74, 6) is -4.06. The van der Waals surface area contributed by atoms with Crippen LogP contribution in [0.25, 0.3) is 22.3 Å². The van der Waals surface area contributed by atoms with Crippen molar-refractivity contribution >= 4 is 22.6 Å². The number of nitrogens with zero attached hydrogens (tertiary/aromatic N) is 3. The highest BCUT2D eigenvalue weighted by molar-refractivity contribution is 6.12. The average molecular weight is 468 g/mol. The first-order valence-corrected chi connectivity index (χ1v) is 10.6. The van der Waals surface area contributed by atoms with E-state index in [1.807, 2.05) is 13.8 Å². The summed E-state index contributed by atoms with van der Waals surface area (Å²) in [5.41, 5.74) is 1.22. The van der Waals surface area contributed by atoms with Crippen LogP contribution in [-0.4, -0.2) is 33.9 Å². The molecule has 0 saturated heterocycles. The predicted octanol–water partition coefficient (Wildman–Crippen LogP) is 5.12. The molecule has 2 aromatic heterocycles. The van der Waals surface area contributed by atoms with Crippen molar-refractivity contribution in [3.63, 3.8) is 0 Å². The number of halogens is 3. The number of nitrogens with one attached hydrogen (secondary N) is 1. The lowest BCUT2D eigenvalue weighted by atomic mass is 10.1. The summed E-state index contributed by atoms with van der Waals surface area (Å²) >= 11 is 0. The molecule has 10 heteroatoms. The number of benzene rings is 2. The Hall–Kier alpha value is -4.08. The lowest BCUT2D eigenvalue weighted by Crippen LogP contribution is -2.16. The molecule has 1 aliphatic rings. The van der Waals surface area contributed by atoms with E-state index in [1.54, 1.807) is 22.9 Å². The zero-order valence-electron chi connectivity index (χ0n) is 18.2. The van der Waals surface area contributed by atoms with Crippen molar-refractivity contribution in [3.05, 3.63) is 65.6 Å². The summed E-state index contributed by atoms with van der Waals surface area (Å²) in [4.78, 5) is 17.9. The van der Waals surface area contributed by atoms with Gasteiger partial charge in [-0.25, -0.2) is 22.8 Å². The van der Waals surface area contributed by atoms with Gasteiger partial charge in [-0.3, -0.25) is 4.79 Å². The molecular weight excluding hydrogens is 449 g/mol. The van der Waals surface area contributed by atoms with Gasteiger partial charge in [0.15, 0.2) is 34.6 Å². The van der Waals surface area contributed by atoms with E-state index in [4.69, 9.17) is 14.5 Å². The Kier molecular flexibility index (Phi) is 5.35. The number of aromatic nitrogens is 3. The maximum atomic E-state index is 14.2. The van der Waals surface area contributed by atoms with Crippen molar-refractivity contribution in [1.82, 2.24) is 14.8 Å². The first kappa shape index (κ1) is 21.7. The van der Waals surface area contributed by atoms with E-state index in [9.17, 15) is 18.0 Å². The Labute approximate surface area is 192 Å². The van der Waals surface area contributed by atoms with Crippen LogP contribution >= 0.6 is 0 Å². The van der Waals surface area contributed by atoms with Crippen LogP contribution in [0, 0.1) is 17.5 Å². The first-order chi connectivity index (χ1) is 16.3. The number of rotatable bonds is 4. The molecule has 174 valence electrons. The molecule has 0 atom stereocenters. The van der Waals surface area contributed by atoms with Gasteiger partial charge in [0.05, 0.1) is 28.5 Å². The number of carbonyl (C=O) groups is 1. The van der Waals surface area contributed by atoms with Crippen molar-refractivity contribution in [1.29, 1.82) is 0 Å². The van der Waals surface area contributed by atoms with E-state index >= 15 is 0 Å². The summed E-state index contributed by atoms with van der Waals surface area (Å²) in [6.45, 7) is 4.70. The maximum Gasteiger partial charge on any atom is 0.256 e. The predicted molar refractivity (Wildman–Crippen MR) is 119 cm³/mol. The van der Waals surface area contributed by atoms with E-state index in [0.717, 1.165) is 12.1 Å². The standard InChI is InChI=1S/C24H19F3N4O3/c1-12(2)31-23-15(11-28-31)14(24(32)30-17-5-4-16(25)21(26)22(17)27)10-18(29-23)13-3-6-19-20(9-13)34-8-7-33-19/h3-6,9-12H,7-8H2,1-2H3,(H,30,32). The molecular formula is C24H19F3N4O3. The molecule has 0 spiro atoms. The second-order valence-electron chi connectivity index (χ2n) is 8.01. The molecule has 0 unspecified atom stereocenters. The van der Waals surface area contributed by atoms with Crippen LogP contribution in [0.3, 0.4) is 0 Å². The monoisotopic (exact) mass is 468 g/mol. The molecule has 5 rings (SSSR count). The molecule has 0 saturated carbocycles. The number of anilines is 1. The van der Waals surface area contributed by atoms with Crippen LogP contribution < -0.4 is 14.8 Å². The number of hydrogen-bond donors (Lipinski definition) is 1. The topological polar surface area (TPSA) is 78.3 Å². The Bertz CT molecular complexity index is 1430. The molecule has 1 amide bonds. The average Bonchev–Trinajstić information content (AvgIpc) is 3.28. The van der Waals surface area contributed by atoms with Crippen molar-refractivity contribution < 1.29 is 27.4 Å². The van der Waals surface area contributed by atoms with E-state index in [2.05, 4.69) is 10.4 Å². The van der Waals surface area contributed by atoms with Gasteiger partial charge in [-0.05, 0) is 50.2 Å². The number of pyridine rings is 1. The van der Waals surface area contributed by atoms with Gasteiger partial charge >= 0.3 is 0 Å². The molecule has 7 nitrogen and oxygen atoms in total. The van der Waals surface area contributed by atoms with Crippen LogP contribution in [0.15, 0.2) is 42.6 Å². The molecule has 4 aromatic rings. The highest BCUT2D eigenvalue weighted by atomic mass is 19.2. The van der Waals surface area contributed by atoms with Crippen LogP contribution in [0.1, 0.15) is 30.2 Å². The van der Waals surface area contributed by atoms with Crippen LogP contribution in [-0.2, 0) is 0 Å². The van der Waals surface area contributed by atoms with Gasteiger partial charge < -0.3 is 14.8 Å². The molecule has 0 aliphatic carbocycles. The van der Waals surface area contributed by atoms with Crippen LogP contribution in [0.2, 0.25) is 0 Å². The minimum atomic E-state index is -1.66. The van der Waals surface area contributed by atoms with Gasteiger partial charge in [-0.2, -0.15) is 5.10 Å². The number of hydrogen-bond acceptors (Lipinski definition) is 5. The van der Waals surface area contributed by atoms with Crippen LogP contribution in [0.5, 0.6) is 11.5 Å². The lowest BCUT2D eigenvalue weighted by Gasteiger charge is -2.19. The minimum Gasteiger partial charge on any atom is -0.486 e. The third kappa shape index (κ3) is 3.70. The molecule has 0 radical (unpaired) electrons. The summed E-state index contributed by atoms with van der Waals surface area (Å²) in [7, 11) is 0. The van der Waals surface area contributed by atoms with Gasteiger partial charge in [0.25, 0.3) is 5.91 Å². The van der Waals surface area contributed by atoms with Crippen LogP contribution in [0.4, 0.5) is 18.9 Å². The fraction of sp³-hybridized carbons (Fsp3) is 0.208. The van der Waals surface area contributed by atoms with Gasteiger partial charge in [-0.15, -0.1) is 0 Å². The normalized spacial score (nSPS) is 12.9. The molecule has 1 aliphatic heterocycles. The van der Waals surface area contributed by atoms with E-state index in [-0.39, 0.29) is 11.6 Å². The first-order valence-electron chi connectivity index (χ1n) is 10.6. The number of ether oxygens (including phenoxy) is 2. The highest BCUT2D eigenvalue weighted by Crippen LogP contribution is 2.35. The Morgan fingerprint density at radius 3 is 2.56 bits per heavy atom. The maximum absolute atomic E-state index is 14.2. The fourth-order valence-corrected chi connectivity index (χ4v) is 3.75. The Morgan fingerprint density at radius 1 is 1.03 bits per heavy atom. The second-order valence-corrected chi connectivity index (χ2v) is 8.01. The summed E-state index contributed by atoms with van der Waals surface area (Å²) in [6.07, 6.45) is 1.49. The van der Waals surface area contributed by atoms with E-state index < -0.39 is 29.0 Å². The van der Waals surface area contributed by atoms with Crippen molar-refractivity contribution in [3.8, 4) is 22.8 Å². The third-order valence-corrected chi connectivity index (χ3v) is 5.42. The number of fused-ring (bicyclic) bond motifs is 2. The van der Waals surface area contributed by atoms with Gasteiger partial charge in [0.2, 0.25) is 0 Å². The summed E-state index contributed by atoms with van der Waals surface area (Å²) in [6, 6.07) is 8.49. The van der Waals surface area contributed by atoms with Crippen molar-refractivity contribution in [2.45, 2.75) is 19.9 Å². The van der Waals surface area contributed by atoms with Gasteiger partial charge in [-0.1, -0.05) is 0 Å². The molecule has 34 heavy (non-hydrogen) atoms. The quantitative estimate of drug-likeness (QED) is 0.421. The number of carbonyl (C=O) groups excluding carboxylic acids is 1. The zero-order chi connectivity index (χ0) is 24.0. The molecule has 3 heterocycles. The summed E-state index contributed by atoms with van der Waals surface area (Å²) in [5, 5.41) is 7.09. The van der Waals surface area contributed by atoms with Crippen molar-refractivity contribution in [2.75, 3.05) is 18.5 Å². The third-order valence-electron chi connectivity index (χ3n) is 5.42. The Balaban J connectivity index is 1.62. The molecule has 0 fully saturated rings. The van der Waals surface area contributed by atoms with Gasteiger partial charge in [0.1, 0.15) is 13.2 Å². The summed E-state index contributed by atoms with van der Waals surface area (Å²) < 4.78 is 54.0. The molecule has 0 bridgehead atoms. The SMILES string of the molecule is CC(C)n1ncc2c(C(=O)Nc3ccc(F)c(F)c3F)cc(-c3ccc4c(c3)OCCO4)nc21. The molecule has 2 aromatic carbocycles. The van der Waals surface area contributed by atoms with Gasteiger partial charge in [0, 0.05) is 11.6 Å². The minimum absolute atomic E-state index is 0.0555. The second kappa shape index (κ2) is 8.36. The highest BCUT2D eigenvalue weighted by Gasteiger charge is 2.22. The molecule has 1 N–H and O–H groups in total.